The van der Waals surface area contributed by atoms with Gasteiger partial charge in [0, 0.05) is 30.4 Å². The van der Waals surface area contributed by atoms with Crippen molar-refractivity contribution in [2.24, 2.45) is 0 Å². The average molecular weight is 320 g/mol. The molecule has 0 aliphatic carbocycles. The quantitative estimate of drug-likeness (QED) is 0.816. The van der Waals surface area contributed by atoms with E-state index in [9.17, 15) is 19.1 Å². The van der Waals surface area contributed by atoms with Crippen LogP contribution in [0.5, 0.6) is 0 Å². The van der Waals surface area contributed by atoms with Gasteiger partial charge in [-0.1, -0.05) is 0 Å². The van der Waals surface area contributed by atoms with Crippen molar-refractivity contribution in [2.45, 2.75) is 38.3 Å². The summed E-state index contributed by atoms with van der Waals surface area (Å²) in [6.45, 7) is 2.34. The highest BCUT2D eigenvalue weighted by Gasteiger charge is 2.28. The molecule has 1 heterocycles. The zero-order chi connectivity index (χ0) is 16.8. The Bertz CT molecular complexity index is 584. The number of rotatable bonds is 5. The predicted octanol–water partition coefficient (Wildman–Crippen LogP) is 2.08. The van der Waals surface area contributed by atoms with Crippen LogP contribution in [0.1, 0.15) is 26.2 Å². The normalized spacial score (nSPS) is 19.1. The Morgan fingerprint density at radius 1 is 1.39 bits per heavy atom. The lowest BCUT2D eigenvalue weighted by molar-refractivity contribution is -0.127. The minimum absolute atomic E-state index is 0.0207. The molecule has 1 saturated heterocycles. The number of aliphatic hydroxyl groups is 1. The third-order valence-corrected chi connectivity index (χ3v) is 3.76. The van der Waals surface area contributed by atoms with E-state index in [1.165, 1.54) is 36.4 Å². The summed E-state index contributed by atoms with van der Waals surface area (Å²) < 4.78 is 12.8. The number of likely N-dealkylation sites (tertiary alicyclic amines) is 1. The molecule has 2 N–H and O–H groups in total. The van der Waals surface area contributed by atoms with Gasteiger partial charge in [-0.2, -0.15) is 0 Å². The van der Waals surface area contributed by atoms with E-state index in [0.717, 1.165) is 12.8 Å². The number of nitrogens with one attached hydrogen (secondary N) is 1. The lowest BCUT2D eigenvalue weighted by Gasteiger charge is -2.24. The smallest absolute Gasteiger partial charge is 0.248 e. The van der Waals surface area contributed by atoms with Gasteiger partial charge in [0.25, 0.3) is 0 Å². The summed E-state index contributed by atoms with van der Waals surface area (Å²) in [6, 6.07) is 5.40. The van der Waals surface area contributed by atoms with Crippen molar-refractivity contribution in [1.82, 2.24) is 4.90 Å². The van der Waals surface area contributed by atoms with Crippen molar-refractivity contribution in [2.75, 3.05) is 11.9 Å². The van der Waals surface area contributed by atoms with Gasteiger partial charge in [-0.3, -0.25) is 9.59 Å². The second kappa shape index (κ2) is 7.87. The molecule has 2 amide bonds. The maximum Gasteiger partial charge on any atom is 0.248 e. The van der Waals surface area contributed by atoms with Crippen LogP contribution in [-0.2, 0) is 9.59 Å². The fourth-order valence-electron chi connectivity index (χ4n) is 2.72. The number of halogens is 1. The van der Waals surface area contributed by atoms with Gasteiger partial charge in [-0.25, -0.2) is 4.39 Å². The van der Waals surface area contributed by atoms with Crippen LogP contribution in [0.4, 0.5) is 10.1 Å². The fourth-order valence-corrected chi connectivity index (χ4v) is 2.72. The second-order valence-electron chi connectivity index (χ2n) is 5.74. The largest absolute Gasteiger partial charge is 0.393 e. The average Bonchev–Trinajstić information content (AvgIpc) is 2.94. The molecule has 6 heteroatoms. The van der Waals surface area contributed by atoms with Gasteiger partial charge in [0.05, 0.1) is 6.10 Å². The van der Waals surface area contributed by atoms with Crippen LogP contribution in [0, 0.1) is 5.82 Å². The molecule has 1 aliphatic rings. The molecule has 124 valence electrons. The topological polar surface area (TPSA) is 69.6 Å². The first-order chi connectivity index (χ1) is 11.0. The Morgan fingerprint density at radius 3 is 2.74 bits per heavy atom. The lowest BCUT2D eigenvalue weighted by Crippen LogP contribution is -2.36. The Balaban J connectivity index is 1.89. The van der Waals surface area contributed by atoms with Crippen LogP contribution in [0.25, 0.3) is 0 Å². The molecular formula is C17H21FN2O3. The summed E-state index contributed by atoms with van der Waals surface area (Å²) in [4.78, 5) is 25.6. The highest BCUT2D eigenvalue weighted by Crippen LogP contribution is 2.21. The number of hydrogen-bond donors (Lipinski definition) is 2. The molecule has 0 radical (unpaired) electrons. The van der Waals surface area contributed by atoms with Crippen LogP contribution in [0.15, 0.2) is 36.4 Å². The first-order valence-corrected chi connectivity index (χ1v) is 7.69. The standard InChI is InChI=1S/C17H21FN2O3/c1-12(21)11-15-3-2-10-20(15)17(23)9-8-16(22)19-14-6-4-13(18)5-7-14/h4-9,12,15,21H,2-3,10-11H2,1H3,(H,19,22)/b9-8+. The van der Waals surface area contributed by atoms with Crippen molar-refractivity contribution in [3.05, 3.63) is 42.2 Å². The molecule has 23 heavy (non-hydrogen) atoms. The Kier molecular flexibility index (Phi) is 5.87. The van der Waals surface area contributed by atoms with Crippen LogP contribution < -0.4 is 5.32 Å². The summed E-state index contributed by atoms with van der Waals surface area (Å²) in [6.07, 6.45) is 4.26. The maximum atomic E-state index is 12.8. The fraction of sp³-hybridized carbons (Fsp3) is 0.412. The molecule has 1 aliphatic heterocycles. The Labute approximate surface area is 134 Å². The highest BCUT2D eigenvalue weighted by molar-refractivity contribution is 6.03. The number of amides is 2. The predicted molar refractivity (Wildman–Crippen MR) is 85.2 cm³/mol. The maximum absolute atomic E-state index is 12.8. The van der Waals surface area contributed by atoms with Crippen molar-refractivity contribution in [1.29, 1.82) is 0 Å². The van der Waals surface area contributed by atoms with Gasteiger partial charge in [0.2, 0.25) is 11.8 Å². The van der Waals surface area contributed by atoms with Crippen LogP contribution >= 0.6 is 0 Å². The molecular weight excluding hydrogens is 299 g/mol. The molecule has 0 bridgehead atoms. The zero-order valence-electron chi connectivity index (χ0n) is 13.0. The van der Waals surface area contributed by atoms with Crippen LogP contribution in [-0.4, -0.2) is 40.5 Å². The number of carbonyl (C=O) groups is 2. The molecule has 2 rings (SSSR count). The summed E-state index contributed by atoms with van der Waals surface area (Å²) in [5.74, 6) is -1.06. The molecule has 0 saturated carbocycles. The molecule has 2 unspecified atom stereocenters. The number of nitrogens with zero attached hydrogens (tertiary/aromatic N) is 1. The van der Waals surface area contributed by atoms with Gasteiger partial charge in [-0.05, 0) is 50.5 Å². The van der Waals surface area contributed by atoms with E-state index < -0.39 is 12.0 Å². The van der Waals surface area contributed by atoms with Crippen molar-refractivity contribution in [3.63, 3.8) is 0 Å². The lowest BCUT2D eigenvalue weighted by atomic mass is 10.1. The van der Waals surface area contributed by atoms with E-state index in [-0.39, 0.29) is 17.8 Å². The minimum Gasteiger partial charge on any atom is -0.393 e. The minimum atomic E-state index is -0.459. The molecule has 1 aromatic rings. The number of benzene rings is 1. The van der Waals surface area contributed by atoms with E-state index in [2.05, 4.69) is 5.32 Å². The monoisotopic (exact) mass is 320 g/mol. The number of hydrogen-bond acceptors (Lipinski definition) is 3. The number of anilines is 1. The number of carbonyl (C=O) groups excluding carboxylic acids is 2. The third-order valence-electron chi connectivity index (χ3n) is 3.76. The Morgan fingerprint density at radius 2 is 2.09 bits per heavy atom. The molecule has 2 atom stereocenters. The van der Waals surface area contributed by atoms with Gasteiger partial charge in [0.15, 0.2) is 0 Å². The SMILES string of the molecule is CC(O)CC1CCCN1C(=O)/C=C/C(=O)Nc1ccc(F)cc1. The molecule has 5 nitrogen and oxygen atoms in total. The van der Waals surface area contributed by atoms with E-state index in [1.807, 2.05) is 0 Å². The van der Waals surface area contributed by atoms with E-state index >= 15 is 0 Å². The van der Waals surface area contributed by atoms with E-state index in [1.54, 1.807) is 11.8 Å². The molecule has 1 fully saturated rings. The summed E-state index contributed by atoms with van der Waals surface area (Å²) in [5.41, 5.74) is 0.460. The zero-order valence-corrected chi connectivity index (χ0v) is 13.0. The summed E-state index contributed by atoms with van der Waals surface area (Å²) in [5, 5.41) is 12.0. The van der Waals surface area contributed by atoms with Crippen molar-refractivity contribution < 1.29 is 19.1 Å². The van der Waals surface area contributed by atoms with E-state index in [4.69, 9.17) is 0 Å². The molecule has 0 spiro atoms. The van der Waals surface area contributed by atoms with E-state index in [0.29, 0.717) is 18.7 Å². The van der Waals surface area contributed by atoms with Crippen LogP contribution in [0.2, 0.25) is 0 Å². The van der Waals surface area contributed by atoms with Gasteiger partial charge < -0.3 is 15.3 Å². The van der Waals surface area contributed by atoms with Gasteiger partial charge in [0.1, 0.15) is 5.82 Å². The summed E-state index contributed by atoms with van der Waals surface area (Å²) >= 11 is 0. The molecule has 1 aromatic carbocycles. The first kappa shape index (κ1) is 17.1. The van der Waals surface area contributed by atoms with Crippen molar-refractivity contribution in [3.8, 4) is 0 Å². The van der Waals surface area contributed by atoms with Gasteiger partial charge >= 0.3 is 0 Å². The molecule has 0 aromatic heterocycles. The first-order valence-electron chi connectivity index (χ1n) is 7.69. The summed E-state index contributed by atoms with van der Waals surface area (Å²) in [7, 11) is 0. The third kappa shape index (κ3) is 5.17. The van der Waals surface area contributed by atoms with Crippen molar-refractivity contribution >= 4 is 17.5 Å². The van der Waals surface area contributed by atoms with Crippen LogP contribution in [0.3, 0.4) is 0 Å². The second-order valence-corrected chi connectivity index (χ2v) is 5.74. The number of aliphatic hydroxyl groups excluding tert-OH is 1. The Hall–Kier alpha value is -2.21. The highest BCUT2D eigenvalue weighted by atomic mass is 19.1. The van der Waals surface area contributed by atoms with Gasteiger partial charge in [-0.15, -0.1) is 0 Å².